The highest BCUT2D eigenvalue weighted by Gasteiger charge is 2.42. The van der Waals surface area contributed by atoms with Crippen LogP contribution in [0.5, 0.6) is 0 Å². The Bertz CT molecular complexity index is 900. The Kier molecular flexibility index (Phi) is 6.65. The van der Waals surface area contributed by atoms with Gasteiger partial charge in [0.05, 0.1) is 16.7 Å². The standard InChI is InChI=1S/C24H37N5O3/c1-23(2,3)14-25-19-9-8-18(26-21(19)28(7)27-32)15-10-16-12-29(13-17(16)11-15)22(31)20(30)24(4,5)6/h8-10,16-17,20,25,30H,11-14H2,1-7H3/t16?,17?,20-/m1/s1. The first-order valence-electron chi connectivity index (χ1n) is 11.3. The highest BCUT2D eigenvalue weighted by Crippen LogP contribution is 2.42. The summed E-state index contributed by atoms with van der Waals surface area (Å²) >= 11 is 0. The van der Waals surface area contributed by atoms with E-state index >= 15 is 0 Å². The summed E-state index contributed by atoms with van der Waals surface area (Å²) in [5.74, 6) is 0.902. The summed E-state index contributed by atoms with van der Waals surface area (Å²) in [6, 6.07) is 3.93. The van der Waals surface area contributed by atoms with Crippen molar-refractivity contribution in [2.75, 3.05) is 37.0 Å². The molecule has 2 heterocycles. The molecule has 2 N–H and O–H groups in total. The summed E-state index contributed by atoms with van der Waals surface area (Å²) in [5.41, 5.74) is 2.35. The van der Waals surface area contributed by atoms with E-state index in [1.807, 2.05) is 32.9 Å². The monoisotopic (exact) mass is 443 g/mol. The molecule has 0 saturated carbocycles. The molecule has 8 heteroatoms. The van der Waals surface area contributed by atoms with Gasteiger partial charge in [-0.05, 0) is 46.8 Å². The molecule has 2 unspecified atom stereocenters. The van der Waals surface area contributed by atoms with Gasteiger partial charge in [0.15, 0.2) is 5.82 Å². The van der Waals surface area contributed by atoms with Crippen molar-refractivity contribution >= 4 is 23.0 Å². The zero-order valence-electron chi connectivity index (χ0n) is 20.3. The molecule has 3 rings (SSSR count). The van der Waals surface area contributed by atoms with Gasteiger partial charge in [-0.2, -0.15) is 0 Å². The number of carbonyl (C=O) groups excluding carboxylic acids is 1. The third-order valence-corrected chi connectivity index (χ3v) is 6.20. The molecular formula is C24H37N5O3. The number of hydrogen-bond acceptors (Lipinski definition) is 6. The molecule has 32 heavy (non-hydrogen) atoms. The van der Waals surface area contributed by atoms with Gasteiger partial charge < -0.3 is 15.3 Å². The first-order valence-corrected chi connectivity index (χ1v) is 11.3. The Morgan fingerprint density at radius 1 is 1.28 bits per heavy atom. The molecule has 1 aliphatic heterocycles. The van der Waals surface area contributed by atoms with Gasteiger partial charge in [0.1, 0.15) is 6.10 Å². The molecule has 176 valence electrons. The Labute approximate surface area is 191 Å². The molecule has 3 atom stereocenters. The number of aliphatic hydroxyl groups is 1. The Morgan fingerprint density at radius 2 is 1.97 bits per heavy atom. The number of hydrogen-bond donors (Lipinski definition) is 2. The number of aromatic nitrogens is 1. The van der Waals surface area contributed by atoms with Crippen molar-refractivity contribution in [3.63, 3.8) is 0 Å². The molecule has 1 aromatic rings. The van der Waals surface area contributed by atoms with Crippen molar-refractivity contribution in [3.05, 3.63) is 28.8 Å². The number of fused-ring (bicyclic) bond motifs is 1. The molecule has 1 amide bonds. The zero-order valence-corrected chi connectivity index (χ0v) is 20.3. The fourth-order valence-corrected chi connectivity index (χ4v) is 4.23. The predicted octanol–water partition coefficient (Wildman–Crippen LogP) is 3.93. The largest absolute Gasteiger partial charge is 0.383 e. The maximum atomic E-state index is 12.7. The summed E-state index contributed by atoms with van der Waals surface area (Å²) in [4.78, 5) is 30.4. The van der Waals surface area contributed by atoms with E-state index in [1.54, 1.807) is 11.9 Å². The van der Waals surface area contributed by atoms with Crippen LogP contribution in [-0.2, 0) is 4.79 Å². The first-order chi connectivity index (χ1) is 14.8. The lowest BCUT2D eigenvalue weighted by atomic mass is 9.88. The van der Waals surface area contributed by atoms with Gasteiger partial charge in [0.25, 0.3) is 5.91 Å². The highest BCUT2D eigenvalue weighted by atomic mass is 16.3. The highest BCUT2D eigenvalue weighted by molar-refractivity contribution is 5.82. The topological polar surface area (TPSA) is 98.1 Å². The van der Waals surface area contributed by atoms with Crippen LogP contribution < -0.4 is 10.3 Å². The number of nitrogens with zero attached hydrogens (tertiary/aromatic N) is 4. The second-order valence-corrected chi connectivity index (χ2v) is 11.4. The van der Waals surface area contributed by atoms with Gasteiger partial charge in [-0.25, -0.2) is 9.99 Å². The maximum absolute atomic E-state index is 12.7. The van der Waals surface area contributed by atoms with Gasteiger partial charge in [-0.3, -0.25) is 4.79 Å². The molecule has 8 nitrogen and oxygen atoms in total. The fourth-order valence-electron chi connectivity index (χ4n) is 4.23. The van der Waals surface area contributed by atoms with Crippen molar-refractivity contribution in [3.8, 4) is 0 Å². The molecule has 1 saturated heterocycles. The van der Waals surface area contributed by atoms with Gasteiger partial charge in [-0.15, -0.1) is 4.91 Å². The van der Waals surface area contributed by atoms with Crippen molar-refractivity contribution in [2.24, 2.45) is 28.0 Å². The van der Waals surface area contributed by atoms with Gasteiger partial charge in [-0.1, -0.05) is 47.6 Å². The molecule has 0 aromatic carbocycles. The molecule has 1 fully saturated rings. The lowest BCUT2D eigenvalue weighted by molar-refractivity contribution is -0.144. The summed E-state index contributed by atoms with van der Waals surface area (Å²) in [6.45, 7) is 14.0. The van der Waals surface area contributed by atoms with Crippen molar-refractivity contribution in [1.29, 1.82) is 0 Å². The van der Waals surface area contributed by atoms with Gasteiger partial charge in [0, 0.05) is 26.7 Å². The second kappa shape index (κ2) is 8.81. The van der Waals surface area contributed by atoms with Crippen LogP contribution >= 0.6 is 0 Å². The molecule has 1 aromatic heterocycles. The molecule has 0 bridgehead atoms. The van der Waals surface area contributed by atoms with Crippen LogP contribution in [0, 0.1) is 27.6 Å². The maximum Gasteiger partial charge on any atom is 0.251 e. The number of anilines is 2. The lowest BCUT2D eigenvalue weighted by Gasteiger charge is -2.29. The normalized spacial score (nSPS) is 21.8. The minimum atomic E-state index is -0.992. The number of aliphatic hydroxyl groups excluding tert-OH is 1. The van der Waals surface area contributed by atoms with Crippen LogP contribution in [0.1, 0.15) is 53.7 Å². The third kappa shape index (κ3) is 5.28. The fraction of sp³-hybridized carbons (Fsp3) is 0.667. The van der Waals surface area contributed by atoms with E-state index in [9.17, 15) is 14.8 Å². The summed E-state index contributed by atoms with van der Waals surface area (Å²) < 4.78 is 0. The zero-order chi connectivity index (χ0) is 23.8. The number of nitrogens with one attached hydrogen (secondary N) is 1. The molecule has 1 aliphatic carbocycles. The predicted molar refractivity (Wildman–Crippen MR) is 128 cm³/mol. The number of likely N-dealkylation sites (tertiary alicyclic amines) is 1. The molecule has 0 radical (unpaired) electrons. The van der Waals surface area contributed by atoms with Crippen LogP contribution in [-0.4, -0.2) is 53.7 Å². The summed E-state index contributed by atoms with van der Waals surface area (Å²) in [6.07, 6.45) is 2.03. The van der Waals surface area contributed by atoms with E-state index in [1.165, 1.54) is 5.01 Å². The summed E-state index contributed by atoms with van der Waals surface area (Å²) in [7, 11) is 1.60. The van der Waals surface area contributed by atoms with Gasteiger partial charge >= 0.3 is 0 Å². The van der Waals surface area contributed by atoms with Crippen LogP contribution in [0.15, 0.2) is 23.5 Å². The number of nitroso groups, excluding NO2 is 1. The summed E-state index contributed by atoms with van der Waals surface area (Å²) in [5, 5.41) is 18.0. The van der Waals surface area contributed by atoms with Crippen LogP contribution in [0.3, 0.4) is 0 Å². The Hall–Kier alpha value is -2.48. The average molecular weight is 444 g/mol. The first kappa shape index (κ1) is 24.2. The van der Waals surface area contributed by atoms with Crippen LogP contribution in [0.2, 0.25) is 0 Å². The van der Waals surface area contributed by atoms with Crippen LogP contribution in [0.4, 0.5) is 11.5 Å². The SMILES string of the molecule is CN(N=O)c1nc(C2=CC3CN(C(=O)[C@@H](O)C(C)(C)C)CC3C2)ccc1NCC(C)(C)C. The van der Waals surface area contributed by atoms with Gasteiger partial charge in [0.2, 0.25) is 0 Å². The van der Waals surface area contributed by atoms with Crippen molar-refractivity contribution < 1.29 is 9.90 Å². The Balaban J connectivity index is 1.76. The van der Waals surface area contributed by atoms with E-state index in [0.717, 1.165) is 29.9 Å². The minimum absolute atomic E-state index is 0.0818. The third-order valence-electron chi connectivity index (χ3n) is 6.20. The molecular weight excluding hydrogens is 406 g/mol. The number of rotatable bonds is 6. The van der Waals surface area contributed by atoms with Crippen LogP contribution in [0.25, 0.3) is 5.57 Å². The molecule has 2 aliphatic rings. The van der Waals surface area contributed by atoms with Crippen molar-refractivity contribution in [2.45, 2.75) is 54.1 Å². The number of allylic oxidation sites excluding steroid dienone is 1. The average Bonchev–Trinajstić information content (AvgIpc) is 3.28. The van der Waals surface area contributed by atoms with Crippen molar-refractivity contribution in [1.82, 2.24) is 9.88 Å². The van der Waals surface area contributed by atoms with E-state index in [4.69, 9.17) is 4.98 Å². The number of amides is 1. The Morgan fingerprint density at radius 3 is 2.53 bits per heavy atom. The number of pyridine rings is 1. The minimum Gasteiger partial charge on any atom is -0.383 e. The van der Waals surface area contributed by atoms with E-state index in [-0.39, 0.29) is 17.2 Å². The quantitative estimate of drug-likeness (QED) is 0.511. The van der Waals surface area contributed by atoms with E-state index in [2.05, 4.69) is 37.4 Å². The van der Waals surface area contributed by atoms with E-state index in [0.29, 0.717) is 24.8 Å². The second-order valence-electron chi connectivity index (χ2n) is 11.4. The smallest absolute Gasteiger partial charge is 0.251 e. The lowest BCUT2D eigenvalue weighted by Crippen LogP contribution is -2.44. The van der Waals surface area contributed by atoms with E-state index < -0.39 is 11.5 Å². The number of carbonyl (C=O) groups is 1. The molecule has 0 spiro atoms.